The number of pyridine rings is 1. The van der Waals surface area contributed by atoms with Crippen LogP contribution in [0.25, 0.3) is 23.0 Å². The molecule has 1 aromatic carbocycles. The highest BCUT2D eigenvalue weighted by molar-refractivity contribution is 7.17. The number of fused-ring (bicyclic) bond motifs is 2. The molecule has 2 amide bonds. The van der Waals surface area contributed by atoms with Crippen molar-refractivity contribution in [3.05, 3.63) is 81.5 Å². The standard InChI is InChI=1S/C27H23N5O2S/c1-16-8-7-13-32-20(23(30-25(16)32)17-9-3-2-4-10-17)14-18(15-28)26(34)31-27-22(24(29)33)19-11-5-6-12-21(19)35-27/h2-4,7-10,13-14H,5-6,11-12H2,1H3,(H2,29,33)(H,31,34)/b18-14+. The molecule has 7 nitrogen and oxygen atoms in total. The lowest BCUT2D eigenvalue weighted by molar-refractivity contribution is -0.112. The van der Waals surface area contributed by atoms with E-state index in [0.717, 1.165) is 52.9 Å². The number of imidazole rings is 1. The Labute approximate surface area is 206 Å². The van der Waals surface area contributed by atoms with Gasteiger partial charge in [0.05, 0.1) is 17.0 Å². The maximum atomic E-state index is 13.2. The molecule has 0 fully saturated rings. The molecular formula is C27H23N5O2S. The van der Waals surface area contributed by atoms with Crippen LogP contribution in [0.2, 0.25) is 0 Å². The fraction of sp³-hybridized carbons (Fsp3) is 0.185. The molecule has 35 heavy (non-hydrogen) atoms. The molecule has 8 heteroatoms. The van der Waals surface area contributed by atoms with Gasteiger partial charge in [0.2, 0.25) is 0 Å². The minimum atomic E-state index is -0.588. The summed E-state index contributed by atoms with van der Waals surface area (Å²) in [6.07, 6.45) is 7.06. The molecule has 0 bridgehead atoms. The monoisotopic (exact) mass is 481 g/mol. The molecule has 3 aromatic heterocycles. The van der Waals surface area contributed by atoms with E-state index in [0.29, 0.717) is 22.0 Å². The van der Waals surface area contributed by atoms with Crippen molar-refractivity contribution in [2.24, 2.45) is 5.73 Å². The third-order valence-corrected chi connectivity index (χ3v) is 7.43. The van der Waals surface area contributed by atoms with E-state index in [1.807, 2.05) is 66.1 Å². The van der Waals surface area contributed by atoms with Crippen LogP contribution in [-0.2, 0) is 17.6 Å². The number of amides is 2. The molecule has 3 N–H and O–H groups in total. The summed E-state index contributed by atoms with van der Waals surface area (Å²) in [6, 6.07) is 15.5. The van der Waals surface area contributed by atoms with Gasteiger partial charge in [-0.15, -0.1) is 11.3 Å². The Kier molecular flexibility index (Phi) is 5.93. The van der Waals surface area contributed by atoms with E-state index in [1.165, 1.54) is 11.3 Å². The van der Waals surface area contributed by atoms with Crippen molar-refractivity contribution in [3.8, 4) is 17.3 Å². The summed E-state index contributed by atoms with van der Waals surface area (Å²) >= 11 is 1.37. The predicted octanol–water partition coefficient (Wildman–Crippen LogP) is 4.89. The molecule has 0 spiro atoms. The highest BCUT2D eigenvalue weighted by Gasteiger charge is 2.26. The summed E-state index contributed by atoms with van der Waals surface area (Å²) in [4.78, 5) is 31.3. The molecular weight excluding hydrogens is 458 g/mol. The first-order chi connectivity index (χ1) is 17.0. The van der Waals surface area contributed by atoms with E-state index in [1.54, 1.807) is 6.08 Å². The molecule has 4 aromatic rings. The van der Waals surface area contributed by atoms with Crippen LogP contribution in [0.15, 0.2) is 54.2 Å². The van der Waals surface area contributed by atoms with Crippen molar-refractivity contribution in [2.75, 3.05) is 5.32 Å². The maximum absolute atomic E-state index is 13.2. The minimum Gasteiger partial charge on any atom is -0.365 e. The number of benzene rings is 1. The van der Waals surface area contributed by atoms with E-state index < -0.39 is 11.8 Å². The van der Waals surface area contributed by atoms with Gasteiger partial charge in [-0.1, -0.05) is 36.4 Å². The average molecular weight is 482 g/mol. The number of carbonyl (C=O) groups excluding carboxylic acids is 2. The zero-order valence-electron chi connectivity index (χ0n) is 19.2. The fourth-order valence-corrected chi connectivity index (χ4v) is 5.83. The van der Waals surface area contributed by atoms with Crippen LogP contribution in [0.3, 0.4) is 0 Å². The number of carbonyl (C=O) groups is 2. The van der Waals surface area contributed by atoms with E-state index in [-0.39, 0.29) is 5.57 Å². The highest BCUT2D eigenvalue weighted by Crippen LogP contribution is 2.38. The Bertz CT molecular complexity index is 1540. The zero-order chi connectivity index (χ0) is 24.5. The van der Waals surface area contributed by atoms with E-state index in [2.05, 4.69) is 5.32 Å². The van der Waals surface area contributed by atoms with Crippen LogP contribution in [-0.4, -0.2) is 21.2 Å². The van der Waals surface area contributed by atoms with Crippen molar-refractivity contribution in [1.82, 2.24) is 9.38 Å². The van der Waals surface area contributed by atoms with Crippen molar-refractivity contribution in [2.45, 2.75) is 32.6 Å². The third kappa shape index (κ3) is 4.11. The topological polar surface area (TPSA) is 113 Å². The van der Waals surface area contributed by atoms with E-state index in [4.69, 9.17) is 10.7 Å². The molecule has 1 aliphatic rings. The summed E-state index contributed by atoms with van der Waals surface area (Å²) < 4.78 is 1.88. The van der Waals surface area contributed by atoms with Gasteiger partial charge < -0.3 is 11.1 Å². The van der Waals surface area contributed by atoms with Gasteiger partial charge in [0.25, 0.3) is 11.8 Å². The van der Waals surface area contributed by atoms with Crippen molar-refractivity contribution >= 4 is 39.9 Å². The van der Waals surface area contributed by atoms with Gasteiger partial charge in [0.1, 0.15) is 22.3 Å². The second-order valence-electron chi connectivity index (χ2n) is 8.50. The van der Waals surface area contributed by atoms with Gasteiger partial charge in [-0.05, 0) is 55.9 Å². The summed E-state index contributed by atoms with van der Waals surface area (Å²) in [5, 5.41) is 13.1. The summed E-state index contributed by atoms with van der Waals surface area (Å²) in [5.74, 6) is -1.15. The lowest BCUT2D eigenvalue weighted by Crippen LogP contribution is -2.19. The number of hydrogen-bond donors (Lipinski definition) is 2. The van der Waals surface area contributed by atoms with Crippen LogP contribution in [0, 0.1) is 18.3 Å². The number of hydrogen-bond acceptors (Lipinski definition) is 5. The first kappa shape index (κ1) is 22.6. The second-order valence-corrected chi connectivity index (χ2v) is 9.60. The molecule has 0 aliphatic heterocycles. The Morgan fingerprint density at radius 3 is 2.69 bits per heavy atom. The largest absolute Gasteiger partial charge is 0.365 e. The van der Waals surface area contributed by atoms with Gasteiger partial charge in [0, 0.05) is 16.6 Å². The number of anilines is 1. The molecule has 174 valence electrons. The predicted molar refractivity (Wildman–Crippen MR) is 137 cm³/mol. The molecule has 0 unspecified atom stereocenters. The van der Waals surface area contributed by atoms with Crippen LogP contribution < -0.4 is 11.1 Å². The molecule has 1 aliphatic carbocycles. The Morgan fingerprint density at radius 2 is 1.94 bits per heavy atom. The lowest BCUT2D eigenvalue weighted by atomic mass is 9.95. The van der Waals surface area contributed by atoms with Gasteiger partial charge in [-0.3, -0.25) is 14.0 Å². The third-order valence-electron chi connectivity index (χ3n) is 6.22. The molecule has 5 rings (SSSR count). The Hall–Kier alpha value is -4.22. The number of nitrogens with zero attached hydrogens (tertiary/aromatic N) is 3. The lowest BCUT2D eigenvalue weighted by Gasteiger charge is -2.11. The number of nitriles is 1. The number of nitrogens with one attached hydrogen (secondary N) is 1. The van der Waals surface area contributed by atoms with Gasteiger partial charge >= 0.3 is 0 Å². The van der Waals surface area contributed by atoms with Crippen LogP contribution in [0.4, 0.5) is 5.00 Å². The number of nitrogens with two attached hydrogens (primary N) is 1. The summed E-state index contributed by atoms with van der Waals surface area (Å²) in [7, 11) is 0. The summed E-state index contributed by atoms with van der Waals surface area (Å²) in [5.41, 5.74) is 10.8. The van der Waals surface area contributed by atoms with E-state index >= 15 is 0 Å². The second kappa shape index (κ2) is 9.20. The SMILES string of the molecule is Cc1cccn2c(/C=C(\C#N)C(=O)Nc3sc4c(c3C(N)=O)CCCC4)c(-c3ccccc3)nc12. The quantitative estimate of drug-likeness (QED) is 0.312. The Balaban J connectivity index is 1.58. The first-order valence-corrected chi connectivity index (χ1v) is 12.2. The number of primary amides is 1. The summed E-state index contributed by atoms with van der Waals surface area (Å²) in [6.45, 7) is 1.96. The average Bonchev–Trinajstić information content (AvgIpc) is 3.41. The molecule has 0 radical (unpaired) electrons. The molecule has 0 saturated heterocycles. The number of thiophene rings is 1. The van der Waals surface area contributed by atoms with Gasteiger partial charge in [0.15, 0.2) is 0 Å². The van der Waals surface area contributed by atoms with Gasteiger partial charge in [-0.25, -0.2) is 4.98 Å². The van der Waals surface area contributed by atoms with Crippen molar-refractivity contribution in [3.63, 3.8) is 0 Å². The zero-order valence-corrected chi connectivity index (χ0v) is 20.0. The van der Waals surface area contributed by atoms with Crippen LogP contribution in [0.5, 0.6) is 0 Å². The smallest absolute Gasteiger partial charge is 0.267 e. The molecule has 0 atom stereocenters. The van der Waals surface area contributed by atoms with Crippen molar-refractivity contribution < 1.29 is 9.59 Å². The molecule has 3 heterocycles. The fourth-order valence-electron chi connectivity index (χ4n) is 4.54. The number of aryl methyl sites for hydroxylation is 2. The van der Waals surface area contributed by atoms with Gasteiger partial charge in [-0.2, -0.15) is 5.26 Å². The molecule has 0 saturated carbocycles. The normalized spacial score (nSPS) is 13.3. The maximum Gasteiger partial charge on any atom is 0.267 e. The van der Waals surface area contributed by atoms with Crippen LogP contribution >= 0.6 is 11.3 Å². The minimum absolute atomic E-state index is 0.0905. The first-order valence-electron chi connectivity index (χ1n) is 11.4. The number of aromatic nitrogens is 2. The van der Waals surface area contributed by atoms with E-state index in [9.17, 15) is 14.9 Å². The highest BCUT2D eigenvalue weighted by atomic mass is 32.1. The van der Waals surface area contributed by atoms with Crippen LogP contribution in [0.1, 0.15) is 44.9 Å². The number of rotatable bonds is 5. The Morgan fingerprint density at radius 1 is 1.17 bits per heavy atom. The van der Waals surface area contributed by atoms with Crippen molar-refractivity contribution in [1.29, 1.82) is 5.26 Å².